The lowest BCUT2D eigenvalue weighted by Crippen LogP contribution is -3.15. The van der Waals surface area contributed by atoms with Gasteiger partial charge < -0.3 is 19.5 Å². The lowest BCUT2D eigenvalue weighted by molar-refractivity contribution is -0.895. The zero-order valence-electron chi connectivity index (χ0n) is 16.1. The van der Waals surface area contributed by atoms with Gasteiger partial charge in [-0.05, 0) is 23.8 Å². The lowest BCUT2D eigenvalue weighted by Gasteiger charge is -2.31. The number of carbonyl (C=O) groups is 2. The average Bonchev–Trinajstić information content (AvgIpc) is 3.30. The molecule has 2 N–H and O–H groups in total. The van der Waals surface area contributed by atoms with E-state index in [0.29, 0.717) is 25.4 Å². The van der Waals surface area contributed by atoms with Crippen molar-refractivity contribution in [2.24, 2.45) is 0 Å². The van der Waals surface area contributed by atoms with Crippen LogP contribution in [0.4, 0.5) is 5.69 Å². The third-order valence-corrected chi connectivity index (χ3v) is 5.19. The Kier molecular flexibility index (Phi) is 5.72. The normalized spacial score (nSPS) is 14.6. The number of hydrogen-bond donors (Lipinski definition) is 2. The summed E-state index contributed by atoms with van der Waals surface area (Å²) < 4.78 is 5.19. The van der Waals surface area contributed by atoms with Crippen LogP contribution in [0.25, 0.3) is 11.1 Å². The topological polar surface area (TPSA) is 67.0 Å². The number of benzene rings is 2. The van der Waals surface area contributed by atoms with Crippen LogP contribution in [0, 0.1) is 0 Å². The summed E-state index contributed by atoms with van der Waals surface area (Å²) in [5, 5.41) is 3.06. The van der Waals surface area contributed by atoms with Crippen LogP contribution in [-0.2, 0) is 4.79 Å². The molecule has 2 aromatic carbocycles. The highest BCUT2D eigenvalue weighted by Gasteiger charge is 2.27. The van der Waals surface area contributed by atoms with Crippen LogP contribution in [0.15, 0.2) is 77.4 Å². The van der Waals surface area contributed by atoms with Crippen LogP contribution in [0.2, 0.25) is 0 Å². The maximum Gasteiger partial charge on any atom is 0.289 e. The summed E-state index contributed by atoms with van der Waals surface area (Å²) in [6.07, 6.45) is 1.51. The molecule has 1 aliphatic heterocycles. The SMILES string of the molecule is O=C(C[NH+]1CCN(C(=O)c2ccco2)CC1)Nc1ccccc1-c1ccccc1. The predicted molar refractivity (Wildman–Crippen MR) is 111 cm³/mol. The molecule has 2 amide bonds. The maximum absolute atomic E-state index is 12.6. The number of rotatable bonds is 5. The van der Waals surface area contributed by atoms with Crippen LogP contribution < -0.4 is 10.2 Å². The second-order valence-corrected chi connectivity index (χ2v) is 7.16. The van der Waals surface area contributed by atoms with E-state index in [0.717, 1.165) is 29.9 Å². The molecule has 6 heteroatoms. The van der Waals surface area contributed by atoms with Gasteiger partial charge in [-0.1, -0.05) is 48.5 Å². The summed E-state index contributed by atoms with van der Waals surface area (Å²) >= 11 is 0. The molecule has 0 bridgehead atoms. The summed E-state index contributed by atoms with van der Waals surface area (Å²) in [5.74, 6) is 0.258. The fraction of sp³-hybridized carbons (Fsp3) is 0.217. The second-order valence-electron chi connectivity index (χ2n) is 7.16. The number of nitrogens with one attached hydrogen (secondary N) is 2. The van der Waals surface area contributed by atoms with E-state index in [2.05, 4.69) is 5.32 Å². The van der Waals surface area contributed by atoms with Gasteiger partial charge >= 0.3 is 0 Å². The van der Waals surface area contributed by atoms with Crippen LogP contribution in [0.5, 0.6) is 0 Å². The monoisotopic (exact) mass is 390 g/mol. The second kappa shape index (κ2) is 8.75. The minimum Gasteiger partial charge on any atom is -0.459 e. The zero-order chi connectivity index (χ0) is 20.1. The van der Waals surface area contributed by atoms with Crippen LogP contribution >= 0.6 is 0 Å². The summed E-state index contributed by atoms with van der Waals surface area (Å²) in [5.41, 5.74) is 2.89. The van der Waals surface area contributed by atoms with Gasteiger partial charge in [0.25, 0.3) is 11.8 Å². The molecule has 1 aliphatic rings. The van der Waals surface area contributed by atoms with Gasteiger partial charge in [-0.3, -0.25) is 9.59 Å². The Morgan fingerprint density at radius 3 is 2.38 bits per heavy atom. The highest BCUT2D eigenvalue weighted by Crippen LogP contribution is 2.27. The van der Waals surface area contributed by atoms with Crippen molar-refractivity contribution in [2.45, 2.75) is 0 Å². The number of anilines is 1. The number of furan rings is 1. The summed E-state index contributed by atoms with van der Waals surface area (Å²) in [6.45, 7) is 3.08. The van der Waals surface area contributed by atoms with Gasteiger partial charge in [-0.25, -0.2) is 0 Å². The van der Waals surface area contributed by atoms with Gasteiger partial charge in [0, 0.05) is 11.3 Å². The highest BCUT2D eigenvalue weighted by molar-refractivity contribution is 5.96. The van der Waals surface area contributed by atoms with Crippen molar-refractivity contribution >= 4 is 17.5 Å². The van der Waals surface area contributed by atoms with E-state index in [9.17, 15) is 9.59 Å². The highest BCUT2D eigenvalue weighted by atomic mass is 16.3. The predicted octanol–water partition coefficient (Wildman–Crippen LogP) is 1.93. The Labute approximate surface area is 169 Å². The molecule has 2 heterocycles. The Bertz CT molecular complexity index is 962. The van der Waals surface area contributed by atoms with Crippen molar-refractivity contribution in [3.05, 3.63) is 78.8 Å². The number of piperazine rings is 1. The van der Waals surface area contributed by atoms with Gasteiger partial charge in [-0.2, -0.15) is 0 Å². The Morgan fingerprint density at radius 2 is 1.66 bits per heavy atom. The van der Waals surface area contributed by atoms with Crippen LogP contribution in [0.1, 0.15) is 10.6 Å². The zero-order valence-corrected chi connectivity index (χ0v) is 16.1. The first-order valence-corrected chi connectivity index (χ1v) is 9.81. The molecule has 0 atom stereocenters. The number of quaternary nitrogens is 1. The minimum absolute atomic E-state index is 0.0193. The number of hydrogen-bond acceptors (Lipinski definition) is 3. The van der Waals surface area contributed by atoms with Gasteiger partial charge in [0.15, 0.2) is 12.3 Å². The number of nitrogens with zero attached hydrogens (tertiary/aromatic N) is 1. The van der Waals surface area contributed by atoms with E-state index in [4.69, 9.17) is 4.42 Å². The molecule has 29 heavy (non-hydrogen) atoms. The molecule has 1 saturated heterocycles. The Hall–Kier alpha value is -3.38. The quantitative estimate of drug-likeness (QED) is 0.700. The molecule has 4 rings (SSSR count). The molecule has 0 spiro atoms. The first-order valence-electron chi connectivity index (χ1n) is 9.81. The fourth-order valence-corrected chi connectivity index (χ4v) is 3.64. The van der Waals surface area contributed by atoms with Gasteiger partial charge in [0.05, 0.1) is 32.4 Å². The minimum atomic E-state index is -0.0877. The van der Waals surface area contributed by atoms with E-state index in [-0.39, 0.29) is 11.8 Å². The van der Waals surface area contributed by atoms with Crippen molar-refractivity contribution < 1.29 is 18.9 Å². The fourth-order valence-electron chi connectivity index (χ4n) is 3.64. The number of carbonyl (C=O) groups excluding carboxylic acids is 2. The average molecular weight is 390 g/mol. The van der Waals surface area contributed by atoms with Crippen molar-refractivity contribution in [3.63, 3.8) is 0 Å². The van der Waals surface area contributed by atoms with Crippen molar-refractivity contribution in [2.75, 3.05) is 38.0 Å². The lowest BCUT2D eigenvalue weighted by atomic mass is 10.0. The molecule has 1 aromatic heterocycles. The largest absolute Gasteiger partial charge is 0.459 e. The third-order valence-electron chi connectivity index (χ3n) is 5.19. The Balaban J connectivity index is 1.33. The number of para-hydroxylation sites is 1. The van der Waals surface area contributed by atoms with E-state index in [1.54, 1.807) is 17.0 Å². The molecule has 0 unspecified atom stereocenters. The third kappa shape index (κ3) is 4.55. The molecule has 148 valence electrons. The standard InChI is InChI=1S/C23H23N3O3/c27-22(24-20-10-5-4-9-19(20)18-7-2-1-3-8-18)17-25-12-14-26(15-13-25)23(28)21-11-6-16-29-21/h1-11,16H,12-15,17H2,(H,24,27)/p+1. The van der Waals surface area contributed by atoms with E-state index >= 15 is 0 Å². The molecular formula is C23H24N3O3+. The van der Waals surface area contributed by atoms with Gasteiger partial charge in [0.1, 0.15) is 0 Å². The van der Waals surface area contributed by atoms with E-state index in [1.807, 2.05) is 54.6 Å². The molecule has 0 aliphatic carbocycles. The van der Waals surface area contributed by atoms with Gasteiger partial charge in [-0.15, -0.1) is 0 Å². The molecule has 3 aromatic rings. The number of amides is 2. The molecule has 6 nitrogen and oxygen atoms in total. The molecule has 1 fully saturated rings. The van der Waals surface area contributed by atoms with Crippen LogP contribution in [-0.4, -0.2) is 49.4 Å². The molecule has 0 radical (unpaired) electrons. The van der Waals surface area contributed by atoms with Gasteiger partial charge in [0.2, 0.25) is 0 Å². The maximum atomic E-state index is 12.6. The van der Waals surface area contributed by atoms with Crippen LogP contribution in [0.3, 0.4) is 0 Å². The molecule has 0 saturated carbocycles. The smallest absolute Gasteiger partial charge is 0.289 e. The first kappa shape index (κ1) is 19.0. The summed E-state index contributed by atoms with van der Waals surface area (Å²) in [4.78, 5) is 27.9. The van der Waals surface area contributed by atoms with Crippen molar-refractivity contribution in [1.29, 1.82) is 0 Å². The summed E-state index contributed by atoms with van der Waals surface area (Å²) in [7, 11) is 0. The molecular weight excluding hydrogens is 366 g/mol. The first-order chi connectivity index (χ1) is 14.2. The van der Waals surface area contributed by atoms with E-state index < -0.39 is 0 Å². The van der Waals surface area contributed by atoms with Crippen molar-refractivity contribution in [3.8, 4) is 11.1 Å². The van der Waals surface area contributed by atoms with E-state index in [1.165, 1.54) is 11.2 Å². The van der Waals surface area contributed by atoms with Crippen molar-refractivity contribution in [1.82, 2.24) is 4.90 Å². The Morgan fingerprint density at radius 1 is 0.931 bits per heavy atom. The summed E-state index contributed by atoms with van der Waals surface area (Å²) in [6, 6.07) is 21.2.